The summed E-state index contributed by atoms with van der Waals surface area (Å²) in [5, 5.41) is 7.21. The van der Waals surface area contributed by atoms with Crippen molar-refractivity contribution in [2.24, 2.45) is 0 Å². The molecule has 4 aromatic carbocycles. The quantitative estimate of drug-likeness (QED) is 0.136. The number of benzene rings is 4. The molecule has 0 fully saturated rings. The Morgan fingerprint density at radius 2 is 1.45 bits per heavy atom. The zero-order chi connectivity index (χ0) is 29.8. The predicted octanol–water partition coefficient (Wildman–Crippen LogP) is 9.27. The van der Waals surface area contributed by atoms with E-state index in [9.17, 15) is 0 Å². The molecule has 0 saturated carbocycles. The molecule has 5 nitrogen and oxygen atoms in total. The second-order valence-corrected chi connectivity index (χ2v) is 11.4. The third kappa shape index (κ3) is 5.05. The molecule has 0 aliphatic rings. The molecular formula is C38H32N4OPd. The van der Waals surface area contributed by atoms with Crippen molar-refractivity contribution in [3.63, 3.8) is 0 Å². The Morgan fingerprint density at radius 1 is 0.682 bits per heavy atom. The molecule has 0 atom stereocenters. The van der Waals surface area contributed by atoms with Gasteiger partial charge in [-0.25, -0.2) is 4.98 Å². The molecule has 7 rings (SSSR count). The van der Waals surface area contributed by atoms with Crippen LogP contribution in [0.25, 0.3) is 44.4 Å². The second-order valence-electron chi connectivity index (χ2n) is 11.4. The zero-order valence-corrected chi connectivity index (χ0v) is 27.2. The fraction of sp³-hybridized carbons (Fsp3) is 0.158. The Labute approximate surface area is 271 Å². The van der Waals surface area contributed by atoms with E-state index in [2.05, 4.69) is 124 Å². The summed E-state index contributed by atoms with van der Waals surface area (Å²) in [5.41, 5.74) is 12.0. The maximum Gasteiger partial charge on any atom is 2.00 e. The molecule has 0 saturated heterocycles. The molecular weight excluding hydrogens is 635 g/mol. The van der Waals surface area contributed by atoms with Crippen molar-refractivity contribution >= 4 is 21.8 Å². The average Bonchev–Trinajstić information content (AvgIpc) is 3.46. The van der Waals surface area contributed by atoms with Crippen LogP contribution in [0.3, 0.4) is 0 Å². The fourth-order valence-corrected chi connectivity index (χ4v) is 6.21. The summed E-state index contributed by atoms with van der Waals surface area (Å²) >= 11 is 0. The Balaban J connectivity index is 0.00000343. The molecule has 44 heavy (non-hydrogen) atoms. The summed E-state index contributed by atoms with van der Waals surface area (Å²) < 4.78 is 10.6. The van der Waals surface area contributed by atoms with Crippen LogP contribution >= 0.6 is 0 Å². The van der Waals surface area contributed by atoms with Crippen LogP contribution in [0.4, 0.5) is 0 Å². The van der Waals surface area contributed by atoms with Gasteiger partial charge in [0.05, 0.1) is 5.69 Å². The summed E-state index contributed by atoms with van der Waals surface area (Å²) in [7, 11) is 0. The van der Waals surface area contributed by atoms with E-state index in [1.165, 1.54) is 22.3 Å². The smallest absolute Gasteiger partial charge is 0.509 e. The van der Waals surface area contributed by atoms with Crippen LogP contribution in [-0.4, -0.2) is 19.3 Å². The molecule has 0 aliphatic carbocycles. The number of aryl methyl sites for hydroxylation is 5. The number of rotatable bonds is 5. The predicted molar refractivity (Wildman–Crippen MR) is 174 cm³/mol. The van der Waals surface area contributed by atoms with Gasteiger partial charge in [-0.1, -0.05) is 48.8 Å². The van der Waals surface area contributed by atoms with Gasteiger partial charge in [-0.15, -0.1) is 35.7 Å². The molecule has 220 valence electrons. The standard InChI is InChI=1S/C38H32N4O.Pd/c1-23-16-17-39-36(20-23)41-34-13-8-7-12-32(34)33-15-14-30(22-35(33)41)43-31-19-24(2)18-29(21-31)42-28(6)38(27(5)40-42)37-25(3)10-9-11-26(37)4;/h7-20H,1-6H3;/q-2;+2. The Hall–Kier alpha value is -4.50. The van der Waals surface area contributed by atoms with Gasteiger partial charge in [-0.2, -0.15) is 16.7 Å². The van der Waals surface area contributed by atoms with Crippen molar-refractivity contribution in [2.45, 2.75) is 41.5 Å². The van der Waals surface area contributed by atoms with Crippen molar-refractivity contribution in [2.75, 3.05) is 0 Å². The number of para-hydroxylation sites is 1. The van der Waals surface area contributed by atoms with E-state index in [-0.39, 0.29) is 20.4 Å². The van der Waals surface area contributed by atoms with E-state index >= 15 is 0 Å². The first-order chi connectivity index (χ1) is 20.8. The number of ether oxygens (including phenoxy) is 1. The van der Waals surface area contributed by atoms with Crippen LogP contribution in [0.1, 0.15) is 33.6 Å². The number of aromatic nitrogens is 4. The van der Waals surface area contributed by atoms with Crippen molar-refractivity contribution in [1.82, 2.24) is 19.3 Å². The minimum Gasteiger partial charge on any atom is -0.509 e. The summed E-state index contributed by atoms with van der Waals surface area (Å²) in [6.45, 7) is 12.7. The van der Waals surface area contributed by atoms with Gasteiger partial charge in [0.15, 0.2) is 0 Å². The summed E-state index contributed by atoms with van der Waals surface area (Å²) in [6, 6.07) is 34.1. The second kappa shape index (κ2) is 11.5. The van der Waals surface area contributed by atoms with E-state index in [4.69, 9.17) is 9.84 Å². The summed E-state index contributed by atoms with van der Waals surface area (Å²) in [5.74, 6) is 2.08. The minimum absolute atomic E-state index is 0. The maximum absolute atomic E-state index is 6.45. The largest absolute Gasteiger partial charge is 2.00 e. The molecule has 0 bridgehead atoms. The number of hydrogen-bond acceptors (Lipinski definition) is 3. The van der Waals surface area contributed by atoms with Crippen LogP contribution in [-0.2, 0) is 20.4 Å². The third-order valence-electron chi connectivity index (χ3n) is 8.13. The van der Waals surface area contributed by atoms with Gasteiger partial charge in [0, 0.05) is 34.5 Å². The molecule has 3 heterocycles. The summed E-state index contributed by atoms with van der Waals surface area (Å²) in [4.78, 5) is 4.69. The van der Waals surface area contributed by atoms with Crippen molar-refractivity contribution in [3.8, 4) is 34.1 Å². The molecule has 6 heteroatoms. The first-order valence-corrected chi connectivity index (χ1v) is 14.5. The molecule has 0 amide bonds. The van der Waals surface area contributed by atoms with Crippen LogP contribution in [0.5, 0.6) is 11.5 Å². The van der Waals surface area contributed by atoms with Gasteiger partial charge in [-0.05, 0) is 86.1 Å². The van der Waals surface area contributed by atoms with Gasteiger partial charge >= 0.3 is 20.4 Å². The van der Waals surface area contributed by atoms with Gasteiger partial charge < -0.3 is 9.30 Å². The van der Waals surface area contributed by atoms with Gasteiger partial charge in [-0.3, -0.25) is 4.68 Å². The Bertz CT molecular complexity index is 2170. The number of fused-ring (bicyclic) bond motifs is 3. The van der Waals surface area contributed by atoms with Crippen molar-refractivity contribution in [1.29, 1.82) is 0 Å². The minimum atomic E-state index is 0. The SMILES string of the molecule is Cc1cc(Oc2[c-]c3c(cc2)c2ccccc2n3-c2cc(C)ccn2)[c-]c(-n2nc(C)c(-c3c(C)cccc3C)c2C)c1.[Pd+2]. The number of pyridine rings is 1. The first kappa shape index (κ1) is 29.6. The molecule has 7 aromatic rings. The van der Waals surface area contributed by atoms with Crippen LogP contribution < -0.4 is 4.74 Å². The van der Waals surface area contributed by atoms with E-state index in [1.54, 1.807) is 0 Å². The summed E-state index contributed by atoms with van der Waals surface area (Å²) in [6.07, 6.45) is 1.85. The molecule has 0 aliphatic heterocycles. The monoisotopic (exact) mass is 666 g/mol. The average molecular weight is 667 g/mol. The van der Waals surface area contributed by atoms with Gasteiger partial charge in [0.1, 0.15) is 5.82 Å². The fourth-order valence-electron chi connectivity index (χ4n) is 6.21. The van der Waals surface area contributed by atoms with Crippen LogP contribution in [0.15, 0.2) is 85.1 Å². The van der Waals surface area contributed by atoms with Crippen molar-refractivity contribution < 1.29 is 25.2 Å². The molecule has 0 unspecified atom stereocenters. The number of nitrogens with zero attached hydrogens (tertiary/aromatic N) is 4. The van der Waals surface area contributed by atoms with E-state index in [0.29, 0.717) is 11.5 Å². The van der Waals surface area contributed by atoms with Crippen LogP contribution in [0, 0.1) is 53.7 Å². The molecule has 0 N–H and O–H groups in total. The Morgan fingerprint density at radius 3 is 2.23 bits per heavy atom. The van der Waals surface area contributed by atoms with E-state index in [1.807, 2.05) is 29.1 Å². The molecule has 3 aromatic heterocycles. The van der Waals surface area contributed by atoms with E-state index < -0.39 is 0 Å². The third-order valence-corrected chi connectivity index (χ3v) is 8.13. The molecule has 0 radical (unpaired) electrons. The first-order valence-electron chi connectivity index (χ1n) is 14.5. The number of hydrogen-bond donors (Lipinski definition) is 0. The zero-order valence-electron chi connectivity index (χ0n) is 25.6. The van der Waals surface area contributed by atoms with Gasteiger partial charge in [0.25, 0.3) is 0 Å². The van der Waals surface area contributed by atoms with Gasteiger partial charge in [0.2, 0.25) is 0 Å². The maximum atomic E-state index is 6.45. The van der Waals surface area contributed by atoms with Crippen LogP contribution in [0.2, 0.25) is 0 Å². The normalized spacial score (nSPS) is 11.2. The Kier molecular flexibility index (Phi) is 7.75. The van der Waals surface area contributed by atoms with E-state index in [0.717, 1.165) is 55.8 Å². The van der Waals surface area contributed by atoms with Crippen molar-refractivity contribution in [3.05, 3.63) is 131 Å². The molecule has 0 spiro atoms. The topological polar surface area (TPSA) is 44.9 Å².